The van der Waals surface area contributed by atoms with E-state index in [1.165, 1.54) is 18.5 Å². The normalized spacial score (nSPS) is 10.4. The number of hydrogen-bond donors (Lipinski definition) is 2. The molecule has 6 heteroatoms. The first-order valence-corrected chi connectivity index (χ1v) is 5.49. The second-order valence-corrected chi connectivity index (χ2v) is 4.05. The van der Waals surface area contributed by atoms with Crippen LogP contribution >= 0.6 is 0 Å². The van der Waals surface area contributed by atoms with E-state index < -0.39 is 5.91 Å². The fourth-order valence-electron chi connectivity index (χ4n) is 1.73. The van der Waals surface area contributed by atoms with Crippen molar-refractivity contribution in [2.45, 2.75) is 13.8 Å². The molecule has 0 bridgehead atoms. The van der Waals surface area contributed by atoms with Crippen molar-refractivity contribution in [3.05, 3.63) is 45.6 Å². The smallest absolute Gasteiger partial charge is 0.261 e. The van der Waals surface area contributed by atoms with E-state index in [-0.39, 0.29) is 11.0 Å². The van der Waals surface area contributed by atoms with Crippen LogP contribution in [-0.4, -0.2) is 20.7 Å². The summed E-state index contributed by atoms with van der Waals surface area (Å²) in [5.74, 6) is -0.434. The number of carbonyl (C=O) groups excluding carboxylic acids is 1. The highest BCUT2D eigenvalue weighted by molar-refractivity contribution is 6.04. The summed E-state index contributed by atoms with van der Waals surface area (Å²) >= 11 is 0. The van der Waals surface area contributed by atoms with E-state index >= 15 is 0 Å². The van der Waals surface area contributed by atoms with Crippen molar-refractivity contribution in [3.63, 3.8) is 0 Å². The molecule has 18 heavy (non-hydrogen) atoms. The van der Waals surface area contributed by atoms with Gasteiger partial charge in [0.05, 0.1) is 17.1 Å². The van der Waals surface area contributed by atoms with E-state index in [2.05, 4.69) is 15.4 Å². The highest BCUT2D eigenvalue weighted by Gasteiger charge is 2.15. The molecule has 0 saturated heterocycles. The lowest BCUT2D eigenvalue weighted by Gasteiger charge is -2.04. The first-order valence-electron chi connectivity index (χ1n) is 5.49. The molecule has 0 unspecified atom stereocenters. The molecule has 0 aliphatic carbocycles. The van der Waals surface area contributed by atoms with Gasteiger partial charge >= 0.3 is 0 Å². The average molecular weight is 246 g/mol. The van der Waals surface area contributed by atoms with Crippen LogP contribution in [-0.2, 0) is 7.05 Å². The Kier molecular flexibility index (Phi) is 3.01. The van der Waals surface area contributed by atoms with E-state index in [1.807, 2.05) is 6.92 Å². The lowest BCUT2D eigenvalue weighted by molar-refractivity contribution is 0.102. The minimum Gasteiger partial charge on any atom is -0.367 e. The summed E-state index contributed by atoms with van der Waals surface area (Å²) in [5.41, 5.74) is 1.97. The molecule has 94 valence electrons. The predicted octanol–water partition coefficient (Wildman–Crippen LogP) is 0.978. The Bertz CT molecular complexity index is 654. The van der Waals surface area contributed by atoms with E-state index in [0.717, 1.165) is 11.4 Å². The molecule has 0 radical (unpaired) electrons. The molecule has 0 aliphatic heterocycles. The van der Waals surface area contributed by atoms with Crippen molar-refractivity contribution < 1.29 is 4.79 Å². The number of aryl methyl sites for hydroxylation is 2. The number of amides is 1. The highest BCUT2D eigenvalue weighted by atomic mass is 16.2. The van der Waals surface area contributed by atoms with Gasteiger partial charge in [-0.3, -0.25) is 14.3 Å². The molecule has 2 aromatic rings. The van der Waals surface area contributed by atoms with Gasteiger partial charge in [-0.15, -0.1) is 0 Å². The van der Waals surface area contributed by atoms with Crippen LogP contribution in [0.4, 0.5) is 5.69 Å². The number of hydrogen-bond acceptors (Lipinski definition) is 3. The summed E-state index contributed by atoms with van der Waals surface area (Å²) < 4.78 is 1.68. The molecule has 0 fully saturated rings. The summed E-state index contributed by atoms with van der Waals surface area (Å²) in [5, 5.41) is 6.91. The topological polar surface area (TPSA) is 79.8 Å². The number of aromatic amines is 1. The third-order valence-corrected chi connectivity index (χ3v) is 2.82. The fourth-order valence-corrected chi connectivity index (χ4v) is 1.73. The van der Waals surface area contributed by atoms with Crippen molar-refractivity contribution in [2.24, 2.45) is 7.05 Å². The first-order chi connectivity index (χ1) is 8.50. The molecule has 1 amide bonds. The van der Waals surface area contributed by atoms with Crippen molar-refractivity contribution >= 4 is 11.6 Å². The van der Waals surface area contributed by atoms with Crippen LogP contribution in [0.15, 0.2) is 23.3 Å². The summed E-state index contributed by atoms with van der Waals surface area (Å²) in [7, 11) is 1.80. The van der Waals surface area contributed by atoms with Crippen LogP contribution in [0.2, 0.25) is 0 Å². The Balaban J connectivity index is 2.33. The maximum Gasteiger partial charge on any atom is 0.261 e. The fraction of sp³-hybridized carbons (Fsp3) is 0.250. The van der Waals surface area contributed by atoms with Crippen LogP contribution in [0.5, 0.6) is 0 Å². The Hall–Kier alpha value is -2.37. The quantitative estimate of drug-likeness (QED) is 0.828. The zero-order chi connectivity index (χ0) is 13.3. The zero-order valence-electron chi connectivity index (χ0n) is 10.4. The molecule has 2 heterocycles. The number of nitrogens with one attached hydrogen (secondary N) is 2. The molecule has 2 N–H and O–H groups in total. The van der Waals surface area contributed by atoms with Crippen molar-refractivity contribution in [2.75, 3.05) is 5.32 Å². The number of pyridine rings is 1. The van der Waals surface area contributed by atoms with Crippen LogP contribution in [0, 0.1) is 13.8 Å². The Morgan fingerprint density at radius 1 is 1.44 bits per heavy atom. The molecule has 2 aromatic heterocycles. The molecule has 0 spiro atoms. The summed E-state index contributed by atoms with van der Waals surface area (Å²) in [6.45, 7) is 3.66. The number of carbonyl (C=O) groups is 1. The minimum atomic E-state index is -0.434. The third kappa shape index (κ3) is 2.04. The number of nitrogens with zero attached hydrogens (tertiary/aromatic N) is 2. The van der Waals surface area contributed by atoms with Gasteiger partial charge in [-0.2, -0.15) is 5.10 Å². The van der Waals surface area contributed by atoms with Gasteiger partial charge in [0, 0.05) is 25.5 Å². The van der Waals surface area contributed by atoms with Gasteiger partial charge in [0.15, 0.2) is 5.43 Å². The Labute approximate surface area is 104 Å². The van der Waals surface area contributed by atoms with Crippen LogP contribution in [0.25, 0.3) is 0 Å². The second-order valence-electron chi connectivity index (χ2n) is 4.05. The molecular formula is C12H14N4O2. The molecular weight excluding hydrogens is 232 g/mol. The highest BCUT2D eigenvalue weighted by Crippen LogP contribution is 2.18. The summed E-state index contributed by atoms with van der Waals surface area (Å²) in [6.07, 6.45) is 2.87. The molecule has 0 aromatic carbocycles. The minimum absolute atomic E-state index is 0.0835. The van der Waals surface area contributed by atoms with Gasteiger partial charge in [-0.25, -0.2) is 0 Å². The molecule has 2 rings (SSSR count). The van der Waals surface area contributed by atoms with Gasteiger partial charge < -0.3 is 10.3 Å². The summed E-state index contributed by atoms with van der Waals surface area (Å²) in [6, 6.07) is 1.32. The average Bonchev–Trinajstić information content (AvgIpc) is 2.56. The maximum atomic E-state index is 12.0. The van der Waals surface area contributed by atoms with Crippen LogP contribution < -0.4 is 10.7 Å². The predicted molar refractivity (Wildman–Crippen MR) is 67.7 cm³/mol. The molecule has 0 saturated carbocycles. The third-order valence-electron chi connectivity index (χ3n) is 2.82. The van der Waals surface area contributed by atoms with E-state index in [9.17, 15) is 9.59 Å². The first kappa shape index (κ1) is 12.1. The lowest BCUT2D eigenvalue weighted by Crippen LogP contribution is -2.21. The monoisotopic (exact) mass is 246 g/mol. The van der Waals surface area contributed by atoms with Gasteiger partial charge in [-0.1, -0.05) is 0 Å². The zero-order valence-corrected chi connectivity index (χ0v) is 10.4. The Morgan fingerprint density at radius 3 is 2.72 bits per heavy atom. The van der Waals surface area contributed by atoms with Crippen molar-refractivity contribution in [1.82, 2.24) is 14.8 Å². The van der Waals surface area contributed by atoms with Crippen molar-refractivity contribution in [3.8, 4) is 0 Å². The molecule has 0 aliphatic rings. The van der Waals surface area contributed by atoms with Gasteiger partial charge in [-0.05, 0) is 13.8 Å². The number of aromatic nitrogens is 3. The molecule has 6 nitrogen and oxygen atoms in total. The SMILES string of the molecule is Cc1nn(C)c(C)c1NC(=O)c1c[nH]ccc1=O. The van der Waals surface area contributed by atoms with E-state index in [0.29, 0.717) is 5.69 Å². The van der Waals surface area contributed by atoms with Crippen molar-refractivity contribution in [1.29, 1.82) is 0 Å². The maximum absolute atomic E-state index is 12.0. The standard InChI is InChI=1S/C12H14N4O2/c1-7-11(8(2)16(3)15-7)14-12(18)9-6-13-5-4-10(9)17/h4-6H,1-3H3,(H,13,17)(H,14,18). The molecule has 0 atom stereocenters. The Morgan fingerprint density at radius 2 is 2.17 bits per heavy atom. The van der Waals surface area contributed by atoms with Crippen LogP contribution in [0.1, 0.15) is 21.7 Å². The largest absolute Gasteiger partial charge is 0.367 e. The second kappa shape index (κ2) is 4.48. The van der Waals surface area contributed by atoms with Gasteiger partial charge in [0.2, 0.25) is 0 Å². The summed E-state index contributed by atoms with van der Waals surface area (Å²) in [4.78, 5) is 26.2. The lowest BCUT2D eigenvalue weighted by atomic mass is 10.2. The number of rotatable bonds is 2. The number of H-pyrrole nitrogens is 1. The van der Waals surface area contributed by atoms with E-state index in [4.69, 9.17) is 0 Å². The van der Waals surface area contributed by atoms with E-state index in [1.54, 1.807) is 18.7 Å². The van der Waals surface area contributed by atoms with Crippen LogP contribution in [0.3, 0.4) is 0 Å². The number of anilines is 1. The van der Waals surface area contributed by atoms with Gasteiger partial charge in [0.1, 0.15) is 5.56 Å². The van der Waals surface area contributed by atoms with Gasteiger partial charge in [0.25, 0.3) is 5.91 Å².